The van der Waals surface area contributed by atoms with E-state index in [1.165, 1.54) is 0 Å². The number of ketones is 1. The van der Waals surface area contributed by atoms with Gasteiger partial charge in [-0.3, -0.25) is 4.79 Å². The number of carbonyl (C=O) groups is 1. The lowest BCUT2D eigenvalue weighted by Gasteiger charge is -2.33. The number of hydrogen-bond donors (Lipinski definition) is 2. The number of halogens is 1. The Morgan fingerprint density at radius 2 is 1.83 bits per heavy atom. The van der Waals surface area contributed by atoms with E-state index >= 15 is 0 Å². The quantitative estimate of drug-likeness (QED) is 0.487. The van der Waals surface area contributed by atoms with E-state index in [0.717, 1.165) is 38.5 Å². The summed E-state index contributed by atoms with van der Waals surface area (Å²) in [6.07, 6.45) is 5.18. The highest BCUT2D eigenvalue weighted by molar-refractivity contribution is 6.33. The van der Waals surface area contributed by atoms with Crippen molar-refractivity contribution in [1.29, 1.82) is 0 Å². The van der Waals surface area contributed by atoms with Gasteiger partial charge in [0, 0.05) is 11.5 Å². The number of carbonyl (C=O) groups excluding carboxylic acids is 1. The van der Waals surface area contributed by atoms with Crippen molar-refractivity contribution in [3.05, 3.63) is 22.7 Å². The summed E-state index contributed by atoms with van der Waals surface area (Å²) in [4.78, 5) is 13.4. The van der Waals surface area contributed by atoms with E-state index in [9.17, 15) is 4.79 Å². The molecular formula is C18H29ClN2O2. The first kappa shape index (κ1) is 19.8. The summed E-state index contributed by atoms with van der Waals surface area (Å²) >= 11 is 6.14. The third kappa shape index (κ3) is 4.61. The monoisotopic (exact) mass is 340 g/mol. The highest BCUT2D eigenvalue weighted by atomic mass is 35.5. The van der Waals surface area contributed by atoms with Crippen LogP contribution in [-0.2, 0) is 0 Å². The van der Waals surface area contributed by atoms with Gasteiger partial charge in [0.2, 0.25) is 0 Å². The molecule has 5 heteroatoms. The normalized spacial score (nSPS) is 11.5. The molecule has 0 saturated heterocycles. The lowest BCUT2D eigenvalue weighted by Crippen LogP contribution is -2.32. The predicted molar refractivity (Wildman–Crippen MR) is 97.3 cm³/mol. The Balaban J connectivity index is 3.35. The van der Waals surface area contributed by atoms with Crippen LogP contribution in [0.5, 0.6) is 5.75 Å². The van der Waals surface area contributed by atoms with Gasteiger partial charge in [-0.25, -0.2) is 0 Å². The molecule has 0 aliphatic heterocycles. The Labute approximate surface area is 144 Å². The molecule has 0 aromatic heterocycles. The first-order chi connectivity index (χ1) is 11.0. The molecule has 0 amide bonds. The molecule has 0 atom stereocenters. The van der Waals surface area contributed by atoms with Crippen molar-refractivity contribution in [3.63, 3.8) is 0 Å². The first-order valence-electron chi connectivity index (χ1n) is 8.33. The zero-order valence-electron chi connectivity index (χ0n) is 14.5. The van der Waals surface area contributed by atoms with Crippen LogP contribution in [0.2, 0.25) is 5.02 Å². The maximum absolute atomic E-state index is 13.4. The number of nitrogens with two attached hydrogens (primary N) is 2. The Bertz CT molecular complexity index is 526. The molecule has 0 radical (unpaired) electrons. The number of nitrogen functional groups attached to an aromatic ring is 1. The van der Waals surface area contributed by atoms with Crippen LogP contribution in [0.25, 0.3) is 0 Å². The fraction of sp³-hybridized carbons (Fsp3) is 0.611. The molecule has 0 spiro atoms. The van der Waals surface area contributed by atoms with E-state index in [-0.39, 0.29) is 5.78 Å². The number of rotatable bonds is 10. The smallest absolute Gasteiger partial charge is 0.172 e. The van der Waals surface area contributed by atoms with Gasteiger partial charge in [-0.05, 0) is 38.3 Å². The summed E-state index contributed by atoms with van der Waals surface area (Å²) < 4.78 is 5.37. The summed E-state index contributed by atoms with van der Waals surface area (Å²) in [5.74, 6) is 0.578. The van der Waals surface area contributed by atoms with Gasteiger partial charge >= 0.3 is 0 Å². The van der Waals surface area contributed by atoms with Crippen LogP contribution in [0, 0.1) is 5.41 Å². The largest absolute Gasteiger partial charge is 0.496 e. The third-order valence-corrected chi connectivity index (χ3v) is 4.69. The second-order valence-corrected chi connectivity index (χ2v) is 6.48. The van der Waals surface area contributed by atoms with Crippen molar-refractivity contribution in [2.24, 2.45) is 11.1 Å². The molecule has 0 unspecified atom stereocenters. The molecule has 23 heavy (non-hydrogen) atoms. The van der Waals surface area contributed by atoms with Crippen LogP contribution in [0.15, 0.2) is 12.1 Å². The Morgan fingerprint density at radius 3 is 2.30 bits per heavy atom. The summed E-state index contributed by atoms with van der Waals surface area (Å²) in [5.41, 5.74) is 12.1. The Morgan fingerprint density at radius 1 is 1.22 bits per heavy atom. The molecule has 130 valence electrons. The van der Waals surface area contributed by atoms with Crippen molar-refractivity contribution in [2.75, 3.05) is 19.4 Å². The van der Waals surface area contributed by atoms with Gasteiger partial charge < -0.3 is 16.2 Å². The molecule has 0 saturated carbocycles. The summed E-state index contributed by atoms with van der Waals surface area (Å²) in [7, 11) is 1.54. The molecule has 1 aromatic rings. The average molecular weight is 341 g/mol. The lowest BCUT2D eigenvalue weighted by atomic mass is 9.70. The maximum atomic E-state index is 13.4. The van der Waals surface area contributed by atoms with E-state index in [1.807, 2.05) is 0 Å². The van der Waals surface area contributed by atoms with E-state index in [1.54, 1.807) is 19.2 Å². The van der Waals surface area contributed by atoms with Gasteiger partial charge in [0.05, 0.1) is 23.4 Å². The van der Waals surface area contributed by atoms with E-state index in [0.29, 0.717) is 28.6 Å². The molecular weight excluding hydrogens is 312 g/mol. The summed E-state index contributed by atoms with van der Waals surface area (Å²) in [6.45, 7) is 4.79. The van der Waals surface area contributed by atoms with Crippen LogP contribution in [0.4, 0.5) is 5.69 Å². The highest BCUT2D eigenvalue weighted by Gasteiger charge is 2.38. The number of benzene rings is 1. The van der Waals surface area contributed by atoms with Crippen LogP contribution < -0.4 is 16.2 Å². The Hall–Kier alpha value is -1.26. The van der Waals surface area contributed by atoms with Crippen LogP contribution in [0.1, 0.15) is 62.7 Å². The van der Waals surface area contributed by atoms with E-state index in [2.05, 4.69) is 13.8 Å². The molecule has 0 aliphatic carbocycles. The molecule has 4 nitrogen and oxygen atoms in total. The molecule has 0 heterocycles. The average Bonchev–Trinajstić information content (AvgIpc) is 2.54. The summed E-state index contributed by atoms with van der Waals surface area (Å²) in [5, 5.41) is 0.384. The molecule has 0 bridgehead atoms. The zero-order chi connectivity index (χ0) is 17.5. The number of hydrogen-bond acceptors (Lipinski definition) is 4. The van der Waals surface area contributed by atoms with Gasteiger partial charge in [0.1, 0.15) is 5.75 Å². The minimum Gasteiger partial charge on any atom is -0.496 e. The maximum Gasteiger partial charge on any atom is 0.172 e. The minimum atomic E-state index is -0.407. The highest BCUT2D eigenvalue weighted by Crippen LogP contribution is 2.41. The van der Waals surface area contributed by atoms with Crippen LogP contribution in [0.3, 0.4) is 0 Å². The van der Waals surface area contributed by atoms with Gasteiger partial charge in [-0.1, -0.05) is 38.3 Å². The predicted octanol–water partition coefficient (Wildman–Crippen LogP) is 4.44. The van der Waals surface area contributed by atoms with E-state index < -0.39 is 5.41 Å². The Kier molecular flexibility index (Phi) is 7.86. The molecule has 0 aliphatic rings. The van der Waals surface area contributed by atoms with Crippen LogP contribution in [-0.4, -0.2) is 19.4 Å². The number of Topliss-reactive ketones (excluding diaryl/α,β-unsaturated/α-hetero) is 1. The standard InChI is InChI=1S/C18H29ClN2O2/c1-4-7-18(8-5-2,9-6-10-20)17(22)13-11-14(19)15(21)12-16(13)23-3/h11-12H,4-10,20-21H2,1-3H3. The second kappa shape index (κ2) is 9.14. The first-order valence-corrected chi connectivity index (χ1v) is 8.71. The lowest BCUT2D eigenvalue weighted by molar-refractivity contribution is 0.0727. The molecule has 4 N–H and O–H groups in total. The van der Waals surface area contributed by atoms with Crippen LogP contribution >= 0.6 is 11.6 Å². The van der Waals surface area contributed by atoms with Crippen molar-refractivity contribution in [2.45, 2.75) is 52.4 Å². The summed E-state index contributed by atoms with van der Waals surface area (Å²) in [6, 6.07) is 3.27. The molecule has 1 aromatic carbocycles. The second-order valence-electron chi connectivity index (χ2n) is 6.08. The van der Waals surface area contributed by atoms with Crippen molar-refractivity contribution < 1.29 is 9.53 Å². The molecule has 1 rings (SSSR count). The van der Waals surface area contributed by atoms with Gasteiger partial charge in [-0.2, -0.15) is 0 Å². The van der Waals surface area contributed by atoms with E-state index in [4.69, 9.17) is 27.8 Å². The van der Waals surface area contributed by atoms with Crippen molar-refractivity contribution >= 4 is 23.1 Å². The topological polar surface area (TPSA) is 78.3 Å². The zero-order valence-corrected chi connectivity index (χ0v) is 15.2. The van der Waals surface area contributed by atoms with Gasteiger partial charge in [0.25, 0.3) is 0 Å². The van der Waals surface area contributed by atoms with Crippen molar-refractivity contribution in [3.8, 4) is 5.75 Å². The third-order valence-electron chi connectivity index (χ3n) is 4.36. The van der Waals surface area contributed by atoms with Gasteiger partial charge in [0.15, 0.2) is 5.78 Å². The van der Waals surface area contributed by atoms with Crippen molar-refractivity contribution in [1.82, 2.24) is 0 Å². The molecule has 0 fully saturated rings. The fourth-order valence-electron chi connectivity index (χ4n) is 3.31. The SMILES string of the molecule is CCCC(CCC)(CCCN)C(=O)c1cc(Cl)c(N)cc1OC. The fourth-order valence-corrected chi connectivity index (χ4v) is 3.48. The number of methoxy groups -OCH3 is 1. The number of anilines is 1. The van der Waals surface area contributed by atoms with Gasteiger partial charge in [-0.15, -0.1) is 0 Å². The number of ether oxygens (including phenoxy) is 1. The minimum absolute atomic E-state index is 0.0911.